The minimum atomic E-state index is 0.464. The van der Waals surface area contributed by atoms with Crippen molar-refractivity contribution < 1.29 is 0 Å². The van der Waals surface area contributed by atoms with Gasteiger partial charge in [-0.05, 0) is 0 Å². The number of hydrazone groups is 1. The van der Waals surface area contributed by atoms with Gasteiger partial charge in [0.25, 0.3) is 0 Å². The van der Waals surface area contributed by atoms with Crippen LogP contribution >= 0.6 is 11.3 Å². The van der Waals surface area contributed by atoms with Gasteiger partial charge in [-0.3, -0.25) is 5.43 Å². The summed E-state index contributed by atoms with van der Waals surface area (Å²) >= 11 is 1.44. The quantitative estimate of drug-likeness (QED) is 0.421. The number of nitrogens with two attached hydrogens (primary N) is 1. The Morgan fingerprint density at radius 2 is 2.38 bits per heavy atom. The van der Waals surface area contributed by atoms with Crippen LogP contribution in [0.25, 0.3) is 0 Å². The Kier molecular flexibility index (Phi) is 1.91. The van der Waals surface area contributed by atoms with Gasteiger partial charge in [0.1, 0.15) is 10.7 Å². The van der Waals surface area contributed by atoms with Gasteiger partial charge in [-0.1, -0.05) is 11.3 Å². The van der Waals surface area contributed by atoms with Crippen LogP contribution in [0.2, 0.25) is 0 Å². The van der Waals surface area contributed by atoms with E-state index in [0.717, 1.165) is 10.0 Å². The van der Waals surface area contributed by atoms with E-state index in [1.807, 2.05) is 0 Å². The molecule has 0 unspecified atom stereocenters. The zero-order chi connectivity index (χ0) is 9.26. The Morgan fingerprint density at radius 3 is 2.92 bits per heavy atom. The molecule has 2 rings (SSSR count). The lowest BCUT2D eigenvalue weighted by Crippen LogP contribution is -2.35. The van der Waals surface area contributed by atoms with Crippen LogP contribution in [-0.2, 0) is 0 Å². The third-order valence-corrected chi connectivity index (χ3v) is 2.58. The third kappa shape index (κ3) is 1.36. The lowest BCUT2D eigenvalue weighted by Gasteiger charge is -1.95. The van der Waals surface area contributed by atoms with Crippen LogP contribution in [-0.4, -0.2) is 17.9 Å². The van der Waals surface area contributed by atoms with Crippen molar-refractivity contribution in [3.63, 3.8) is 0 Å². The van der Waals surface area contributed by atoms with Crippen molar-refractivity contribution in [2.24, 2.45) is 5.10 Å². The van der Waals surface area contributed by atoms with Gasteiger partial charge in [-0.25, -0.2) is 10.5 Å². The summed E-state index contributed by atoms with van der Waals surface area (Å²) in [5, 5.41) is 7.60. The van der Waals surface area contributed by atoms with Gasteiger partial charge in [0.2, 0.25) is 0 Å². The largest absolute Gasteiger partial charge is 0.382 e. The first-order valence-corrected chi connectivity index (χ1v) is 4.41. The number of nitrogens with zero attached hydrogens (tertiary/aromatic N) is 2. The van der Waals surface area contributed by atoms with Crippen LogP contribution in [0.1, 0.15) is 4.88 Å². The smallest absolute Gasteiger partial charge is 0.185 e. The molecule has 0 aromatic carbocycles. The zero-order valence-corrected chi connectivity index (χ0v) is 7.70. The number of rotatable bonds is 2. The number of thiazole rings is 1. The Balaban J connectivity index is 2.33. The molecule has 0 radical (unpaired) electrons. The number of hydrogen-bond donors (Lipinski definition) is 5. The molecule has 1 aromatic rings. The maximum Gasteiger partial charge on any atom is 0.185 e. The van der Waals surface area contributed by atoms with E-state index >= 15 is 0 Å². The summed E-state index contributed by atoms with van der Waals surface area (Å²) in [5.74, 6) is 1.11. The number of nitrogen functional groups attached to an aromatic ring is 1. The van der Waals surface area contributed by atoms with Gasteiger partial charge < -0.3 is 11.1 Å². The highest BCUT2D eigenvalue weighted by molar-refractivity contribution is 7.18. The fourth-order valence-electron chi connectivity index (χ4n) is 0.915. The molecular formula is C5H9N7S. The molecule has 0 saturated carbocycles. The molecule has 1 aliphatic rings. The van der Waals surface area contributed by atoms with Crippen molar-refractivity contribution in [3.05, 3.63) is 4.88 Å². The van der Waals surface area contributed by atoms with Gasteiger partial charge in [0.15, 0.2) is 11.0 Å². The summed E-state index contributed by atoms with van der Waals surface area (Å²) < 4.78 is 0. The fourth-order valence-corrected chi connectivity index (χ4v) is 1.70. The molecule has 70 valence electrons. The monoisotopic (exact) mass is 199 g/mol. The molecule has 0 spiro atoms. The van der Waals surface area contributed by atoms with Crippen molar-refractivity contribution in [3.8, 4) is 0 Å². The summed E-state index contributed by atoms with van der Waals surface area (Å²) in [6, 6.07) is 0. The molecule has 2 heterocycles. The Labute approximate surface area is 78.4 Å². The van der Waals surface area contributed by atoms with E-state index < -0.39 is 0 Å². The summed E-state index contributed by atoms with van der Waals surface area (Å²) in [6.07, 6.45) is 0. The molecule has 0 atom stereocenters. The molecule has 0 fully saturated rings. The Bertz CT molecular complexity index is 343. The first kappa shape index (κ1) is 8.08. The van der Waals surface area contributed by atoms with Crippen molar-refractivity contribution in [2.75, 3.05) is 18.1 Å². The summed E-state index contributed by atoms with van der Waals surface area (Å²) in [7, 11) is 1.79. The van der Waals surface area contributed by atoms with Gasteiger partial charge in [-0.15, -0.1) is 10.6 Å². The average Bonchev–Trinajstić information content (AvgIpc) is 2.72. The first-order valence-electron chi connectivity index (χ1n) is 3.59. The molecule has 1 aromatic heterocycles. The van der Waals surface area contributed by atoms with Gasteiger partial charge >= 0.3 is 0 Å². The van der Waals surface area contributed by atoms with Crippen LogP contribution in [0.15, 0.2) is 5.10 Å². The highest BCUT2D eigenvalue weighted by Crippen LogP contribution is 2.24. The van der Waals surface area contributed by atoms with Crippen LogP contribution in [0.5, 0.6) is 0 Å². The lowest BCUT2D eigenvalue weighted by molar-refractivity contribution is 0.577. The maximum atomic E-state index is 5.68. The van der Waals surface area contributed by atoms with Crippen molar-refractivity contribution in [2.45, 2.75) is 0 Å². The van der Waals surface area contributed by atoms with Gasteiger partial charge in [-0.2, -0.15) is 0 Å². The van der Waals surface area contributed by atoms with Crippen molar-refractivity contribution >= 4 is 28.1 Å². The standard InChI is InChI=1S/C5H9N7S/c1-7-5-8-3(6)2(13-5)4-9-11-12-10-4/h11-12H,6H2,1H3,(H,7,8)(H,9,10). The van der Waals surface area contributed by atoms with E-state index in [2.05, 4.69) is 31.9 Å². The molecule has 8 heteroatoms. The number of amidine groups is 1. The number of hydrogen-bond acceptors (Lipinski definition) is 8. The molecular weight excluding hydrogens is 190 g/mol. The Hall–Kier alpha value is -1.54. The maximum absolute atomic E-state index is 5.68. The van der Waals surface area contributed by atoms with E-state index in [4.69, 9.17) is 5.73 Å². The zero-order valence-electron chi connectivity index (χ0n) is 6.88. The highest BCUT2D eigenvalue weighted by atomic mass is 32.1. The summed E-state index contributed by atoms with van der Waals surface area (Å²) in [6.45, 7) is 0. The number of aromatic nitrogens is 1. The molecule has 0 aliphatic carbocycles. The minimum Gasteiger partial charge on any atom is -0.382 e. The fraction of sp³-hybridized carbons (Fsp3) is 0.200. The predicted molar refractivity (Wildman–Crippen MR) is 52.0 cm³/mol. The number of hydrazine groups is 2. The second-order valence-electron chi connectivity index (χ2n) is 2.31. The molecule has 0 amide bonds. The van der Waals surface area contributed by atoms with E-state index in [9.17, 15) is 0 Å². The normalized spacial score (nSPS) is 14.7. The third-order valence-electron chi connectivity index (χ3n) is 1.49. The molecule has 0 saturated heterocycles. The van der Waals surface area contributed by atoms with E-state index in [1.54, 1.807) is 7.05 Å². The van der Waals surface area contributed by atoms with Crippen LogP contribution in [0, 0.1) is 0 Å². The second kappa shape index (κ2) is 3.07. The molecule has 13 heavy (non-hydrogen) atoms. The molecule has 1 aliphatic heterocycles. The van der Waals surface area contributed by atoms with Crippen LogP contribution in [0.3, 0.4) is 0 Å². The van der Waals surface area contributed by atoms with E-state index in [0.29, 0.717) is 11.7 Å². The van der Waals surface area contributed by atoms with E-state index in [-0.39, 0.29) is 0 Å². The van der Waals surface area contributed by atoms with Gasteiger partial charge in [0.05, 0.1) is 0 Å². The average molecular weight is 199 g/mol. The van der Waals surface area contributed by atoms with Crippen LogP contribution in [0.4, 0.5) is 10.9 Å². The number of anilines is 2. The Morgan fingerprint density at radius 1 is 1.54 bits per heavy atom. The SMILES string of the molecule is CNc1nc(N)c(C2=NNNN2)s1. The predicted octanol–water partition coefficient (Wildman–Crippen LogP) is -0.959. The molecule has 0 bridgehead atoms. The molecule has 6 N–H and O–H groups in total. The minimum absolute atomic E-state index is 0.464. The topological polar surface area (TPSA) is 99.4 Å². The second-order valence-corrected chi connectivity index (χ2v) is 3.30. The highest BCUT2D eigenvalue weighted by Gasteiger charge is 2.16. The van der Waals surface area contributed by atoms with Crippen molar-refractivity contribution in [1.29, 1.82) is 0 Å². The summed E-state index contributed by atoms with van der Waals surface area (Å²) in [4.78, 5) is 4.89. The molecule has 7 nitrogen and oxygen atoms in total. The first-order chi connectivity index (χ1) is 6.31. The number of nitrogens with one attached hydrogen (secondary N) is 4. The lowest BCUT2D eigenvalue weighted by atomic mass is 10.5. The summed E-state index contributed by atoms with van der Waals surface area (Å²) in [5.41, 5.74) is 13.7. The van der Waals surface area contributed by atoms with Crippen LogP contribution < -0.4 is 27.5 Å². The van der Waals surface area contributed by atoms with E-state index in [1.165, 1.54) is 11.3 Å². The van der Waals surface area contributed by atoms with Gasteiger partial charge in [0, 0.05) is 7.05 Å². The van der Waals surface area contributed by atoms with Crippen molar-refractivity contribution in [1.82, 2.24) is 21.5 Å².